The summed E-state index contributed by atoms with van der Waals surface area (Å²) in [5.41, 5.74) is 5.61. The second-order valence-electron chi connectivity index (χ2n) is 5.81. The minimum Gasteiger partial charge on any atom is -0.506 e. The van der Waals surface area contributed by atoms with E-state index >= 15 is 0 Å². The molecule has 1 aromatic heterocycles. The highest BCUT2D eigenvalue weighted by Gasteiger charge is 2.17. The van der Waals surface area contributed by atoms with E-state index in [1.54, 1.807) is 6.21 Å². The molecule has 0 fully saturated rings. The van der Waals surface area contributed by atoms with Gasteiger partial charge in [0.2, 0.25) is 5.13 Å². The lowest BCUT2D eigenvalue weighted by molar-refractivity contribution is 0.469. The normalized spacial score (nSPS) is 12.0. The fourth-order valence-electron chi connectivity index (χ4n) is 1.71. The summed E-state index contributed by atoms with van der Waals surface area (Å²) >= 11 is 4.88. The number of rotatable bonds is 3. The average molecular weight is 368 g/mol. The molecule has 6 heteroatoms. The predicted octanol–water partition coefficient (Wildman–Crippen LogP) is 4.66. The van der Waals surface area contributed by atoms with Crippen LogP contribution in [0.4, 0.5) is 5.13 Å². The van der Waals surface area contributed by atoms with Crippen molar-refractivity contribution in [2.24, 2.45) is 5.10 Å². The van der Waals surface area contributed by atoms with Crippen molar-refractivity contribution >= 4 is 38.6 Å². The number of hydrogen-bond acceptors (Lipinski definition) is 5. The van der Waals surface area contributed by atoms with Crippen LogP contribution >= 0.6 is 27.3 Å². The lowest BCUT2D eigenvalue weighted by atomic mass is 9.86. The van der Waals surface area contributed by atoms with Gasteiger partial charge in [-0.05, 0) is 46.0 Å². The number of aromatic hydroxyl groups is 1. The molecule has 2 rings (SSSR count). The van der Waals surface area contributed by atoms with Gasteiger partial charge in [0, 0.05) is 10.9 Å². The highest BCUT2D eigenvalue weighted by molar-refractivity contribution is 9.10. The van der Waals surface area contributed by atoms with Gasteiger partial charge in [-0.3, -0.25) is 5.43 Å². The maximum Gasteiger partial charge on any atom is 0.203 e. The molecule has 0 aliphatic heterocycles. The van der Waals surface area contributed by atoms with Gasteiger partial charge in [0.25, 0.3) is 0 Å². The third-order valence-electron chi connectivity index (χ3n) is 2.94. The van der Waals surface area contributed by atoms with E-state index in [4.69, 9.17) is 0 Å². The van der Waals surface area contributed by atoms with E-state index in [-0.39, 0.29) is 11.2 Å². The maximum atomic E-state index is 10.1. The van der Waals surface area contributed by atoms with Crippen molar-refractivity contribution in [2.45, 2.75) is 33.1 Å². The Balaban J connectivity index is 2.24. The highest BCUT2D eigenvalue weighted by atomic mass is 79.9. The monoisotopic (exact) mass is 367 g/mol. The van der Waals surface area contributed by atoms with Crippen LogP contribution in [0.15, 0.2) is 27.1 Å². The number of phenolic OH excluding ortho intramolecular Hbond substituents is 1. The number of thiazole rings is 1. The van der Waals surface area contributed by atoms with Gasteiger partial charge in [-0.2, -0.15) is 5.10 Å². The first-order valence-corrected chi connectivity index (χ1v) is 8.19. The molecule has 4 nitrogen and oxygen atoms in total. The van der Waals surface area contributed by atoms with Gasteiger partial charge in [-0.15, -0.1) is 11.3 Å². The third-order valence-corrected chi connectivity index (χ3v) is 4.41. The minimum atomic E-state index is -0.00133. The van der Waals surface area contributed by atoms with Crippen LogP contribution in [0, 0.1) is 6.92 Å². The molecule has 0 aliphatic carbocycles. The molecule has 0 atom stereocenters. The average Bonchev–Trinajstić information content (AvgIpc) is 2.79. The number of nitrogens with one attached hydrogen (secondary N) is 1. The Morgan fingerprint density at radius 3 is 2.67 bits per heavy atom. The minimum absolute atomic E-state index is 0.00133. The van der Waals surface area contributed by atoms with Gasteiger partial charge < -0.3 is 5.11 Å². The zero-order valence-corrected chi connectivity index (χ0v) is 14.8. The summed E-state index contributed by atoms with van der Waals surface area (Å²) in [6, 6.07) is 3.88. The zero-order chi connectivity index (χ0) is 15.6. The van der Waals surface area contributed by atoms with E-state index in [0.717, 1.165) is 16.4 Å². The SMILES string of the molecule is Cc1csc(NN=Cc2cc(C(C)(C)C)cc(Br)c2O)n1. The van der Waals surface area contributed by atoms with E-state index < -0.39 is 0 Å². The summed E-state index contributed by atoms with van der Waals surface area (Å²) in [5.74, 6) is 0.184. The molecule has 2 aromatic rings. The van der Waals surface area contributed by atoms with Gasteiger partial charge in [0.05, 0.1) is 16.4 Å². The molecule has 0 amide bonds. The Labute approximate surface area is 137 Å². The summed E-state index contributed by atoms with van der Waals surface area (Å²) in [6.45, 7) is 8.32. The maximum absolute atomic E-state index is 10.1. The number of benzene rings is 1. The number of hydrogen-bond donors (Lipinski definition) is 2. The summed E-state index contributed by atoms with van der Waals surface area (Å²) in [6.07, 6.45) is 1.60. The van der Waals surface area contributed by atoms with E-state index in [2.05, 4.69) is 52.2 Å². The van der Waals surface area contributed by atoms with Gasteiger partial charge in [-0.1, -0.05) is 20.8 Å². The van der Waals surface area contributed by atoms with Crippen molar-refractivity contribution in [3.05, 3.63) is 38.8 Å². The van der Waals surface area contributed by atoms with E-state index in [1.165, 1.54) is 11.3 Å². The number of aromatic nitrogens is 1. The van der Waals surface area contributed by atoms with E-state index in [1.807, 2.05) is 24.4 Å². The van der Waals surface area contributed by atoms with Gasteiger partial charge in [0.15, 0.2) is 0 Å². The van der Waals surface area contributed by atoms with E-state index in [9.17, 15) is 5.11 Å². The van der Waals surface area contributed by atoms with Crippen molar-refractivity contribution in [3.63, 3.8) is 0 Å². The van der Waals surface area contributed by atoms with Gasteiger partial charge in [0.1, 0.15) is 5.75 Å². The second kappa shape index (κ2) is 6.15. The summed E-state index contributed by atoms with van der Waals surface area (Å²) in [5, 5.41) is 16.9. The van der Waals surface area contributed by atoms with Crippen LogP contribution in [-0.2, 0) is 5.41 Å². The first-order valence-electron chi connectivity index (χ1n) is 6.51. The molecular formula is C15H18BrN3OS. The largest absolute Gasteiger partial charge is 0.506 e. The topological polar surface area (TPSA) is 57.5 Å². The van der Waals surface area contributed by atoms with Crippen LogP contribution < -0.4 is 5.43 Å². The lowest BCUT2D eigenvalue weighted by Crippen LogP contribution is -2.11. The quantitative estimate of drug-likeness (QED) is 0.612. The molecule has 0 unspecified atom stereocenters. The molecule has 1 aromatic carbocycles. The fourth-order valence-corrected chi connectivity index (χ4v) is 2.83. The Bertz CT molecular complexity index is 674. The Morgan fingerprint density at radius 2 is 2.10 bits per heavy atom. The Morgan fingerprint density at radius 1 is 1.38 bits per heavy atom. The lowest BCUT2D eigenvalue weighted by Gasteiger charge is -2.20. The first-order chi connectivity index (χ1) is 9.77. The number of anilines is 1. The number of hydrazone groups is 1. The van der Waals surface area contributed by atoms with Crippen LogP contribution in [-0.4, -0.2) is 16.3 Å². The Hall–Kier alpha value is -1.40. The number of aryl methyl sites for hydroxylation is 1. The second-order valence-corrected chi connectivity index (χ2v) is 7.52. The number of nitrogens with zero attached hydrogens (tertiary/aromatic N) is 2. The molecule has 0 spiro atoms. The third kappa shape index (κ3) is 4.04. The predicted molar refractivity (Wildman–Crippen MR) is 92.6 cm³/mol. The number of halogens is 1. The Kier molecular flexibility index (Phi) is 4.68. The standard InChI is InChI=1S/C15H18BrN3OS/c1-9-8-21-14(18-9)19-17-7-10-5-11(15(2,3)4)6-12(16)13(10)20/h5-8,20H,1-4H3,(H,18,19). The van der Waals surface area contributed by atoms with Crippen molar-refractivity contribution in [2.75, 3.05) is 5.43 Å². The number of phenols is 1. The molecular weight excluding hydrogens is 350 g/mol. The van der Waals surface area contributed by atoms with Crippen LogP contribution in [0.1, 0.15) is 37.6 Å². The summed E-state index contributed by atoms with van der Waals surface area (Å²) < 4.78 is 0.668. The van der Waals surface area contributed by atoms with Gasteiger partial charge >= 0.3 is 0 Å². The smallest absolute Gasteiger partial charge is 0.203 e. The summed E-state index contributed by atoms with van der Waals surface area (Å²) in [7, 11) is 0. The molecule has 0 bridgehead atoms. The molecule has 0 saturated carbocycles. The van der Waals surface area contributed by atoms with Crippen molar-refractivity contribution < 1.29 is 5.11 Å². The van der Waals surface area contributed by atoms with Crippen molar-refractivity contribution in [1.29, 1.82) is 0 Å². The highest BCUT2D eigenvalue weighted by Crippen LogP contribution is 2.33. The van der Waals surface area contributed by atoms with Crippen LogP contribution in [0.2, 0.25) is 0 Å². The molecule has 21 heavy (non-hydrogen) atoms. The summed E-state index contributed by atoms with van der Waals surface area (Å²) in [4.78, 5) is 4.26. The van der Waals surface area contributed by atoms with Crippen LogP contribution in [0.25, 0.3) is 0 Å². The molecule has 2 N–H and O–H groups in total. The van der Waals surface area contributed by atoms with Crippen molar-refractivity contribution in [3.8, 4) is 5.75 Å². The molecule has 1 heterocycles. The van der Waals surface area contributed by atoms with E-state index in [0.29, 0.717) is 10.0 Å². The first kappa shape index (κ1) is 16.0. The van der Waals surface area contributed by atoms with Crippen LogP contribution in [0.3, 0.4) is 0 Å². The molecule has 0 radical (unpaired) electrons. The molecule has 112 valence electrons. The fraction of sp³-hybridized carbons (Fsp3) is 0.333. The zero-order valence-electron chi connectivity index (χ0n) is 12.4. The van der Waals surface area contributed by atoms with Gasteiger partial charge in [-0.25, -0.2) is 4.98 Å². The van der Waals surface area contributed by atoms with Crippen LogP contribution in [0.5, 0.6) is 5.75 Å². The molecule has 0 saturated heterocycles. The molecule has 0 aliphatic rings. The van der Waals surface area contributed by atoms with Crippen molar-refractivity contribution in [1.82, 2.24) is 4.98 Å².